The molecule has 5 nitrogen and oxygen atoms in total. The molecule has 0 fully saturated rings. The number of benzene rings is 2. The fourth-order valence-corrected chi connectivity index (χ4v) is 2.08. The standard InChI is InChI=1S/C19H22N2O3/c1-13(2)20-19(23)15-8-7-9-16(12-15)21-18(22)14(3)24-17-10-5-4-6-11-17/h4-14H,1-3H3,(H,20,23)(H,21,22). The zero-order valence-electron chi connectivity index (χ0n) is 14.1. The molecule has 0 saturated carbocycles. The number of rotatable bonds is 6. The second-order valence-corrected chi connectivity index (χ2v) is 5.77. The highest BCUT2D eigenvalue weighted by atomic mass is 16.5. The molecule has 0 radical (unpaired) electrons. The molecule has 0 aliphatic rings. The van der Waals surface area contributed by atoms with E-state index in [0.717, 1.165) is 0 Å². The van der Waals surface area contributed by atoms with Gasteiger partial charge in [0.15, 0.2) is 6.10 Å². The molecule has 0 aromatic heterocycles. The van der Waals surface area contributed by atoms with Gasteiger partial charge in [-0.15, -0.1) is 0 Å². The summed E-state index contributed by atoms with van der Waals surface area (Å²) in [5.74, 6) is 0.181. The van der Waals surface area contributed by atoms with Gasteiger partial charge in [-0.2, -0.15) is 0 Å². The zero-order chi connectivity index (χ0) is 17.5. The molecule has 2 rings (SSSR count). The predicted octanol–water partition coefficient (Wildman–Crippen LogP) is 3.23. The molecule has 0 aliphatic heterocycles. The molecule has 0 aliphatic carbocycles. The lowest BCUT2D eigenvalue weighted by Gasteiger charge is -2.15. The van der Waals surface area contributed by atoms with Crippen LogP contribution in [-0.4, -0.2) is 24.0 Å². The molecule has 2 aromatic carbocycles. The number of hydrogen-bond acceptors (Lipinski definition) is 3. The average Bonchev–Trinajstić information content (AvgIpc) is 2.55. The predicted molar refractivity (Wildman–Crippen MR) is 94.2 cm³/mol. The van der Waals surface area contributed by atoms with Crippen molar-refractivity contribution >= 4 is 17.5 Å². The van der Waals surface area contributed by atoms with E-state index < -0.39 is 6.10 Å². The summed E-state index contributed by atoms with van der Waals surface area (Å²) >= 11 is 0. The van der Waals surface area contributed by atoms with Crippen LogP contribution in [0, 0.1) is 0 Å². The van der Waals surface area contributed by atoms with Crippen LogP contribution >= 0.6 is 0 Å². The van der Waals surface area contributed by atoms with E-state index in [1.165, 1.54) is 0 Å². The maximum absolute atomic E-state index is 12.2. The zero-order valence-corrected chi connectivity index (χ0v) is 14.1. The fraction of sp³-hybridized carbons (Fsp3) is 0.263. The Morgan fingerprint density at radius 2 is 1.67 bits per heavy atom. The molecule has 2 amide bonds. The van der Waals surface area contributed by atoms with Gasteiger partial charge in [0.05, 0.1) is 0 Å². The van der Waals surface area contributed by atoms with Gasteiger partial charge >= 0.3 is 0 Å². The SMILES string of the molecule is CC(C)NC(=O)c1cccc(NC(=O)C(C)Oc2ccccc2)c1. The van der Waals surface area contributed by atoms with Crippen molar-refractivity contribution in [3.05, 3.63) is 60.2 Å². The number of para-hydroxylation sites is 1. The number of hydrogen-bond donors (Lipinski definition) is 2. The number of carbonyl (C=O) groups excluding carboxylic acids is 2. The Balaban J connectivity index is 1.99. The van der Waals surface area contributed by atoms with Crippen molar-refractivity contribution in [2.24, 2.45) is 0 Å². The minimum atomic E-state index is -0.652. The van der Waals surface area contributed by atoms with E-state index in [9.17, 15) is 9.59 Å². The minimum Gasteiger partial charge on any atom is -0.481 e. The highest BCUT2D eigenvalue weighted by Crippen LogP contribution is 2.14. The molecule has 0 spiro atoms. The van der Waals surface area contributed by atoms with E-state index in [-0.39, 0.29) is 17.9 Å². The van der Waals surface area contributed by atoms with E-state index in [4.69, 9.17) is 4.74 Å². The molecular formula is C19H22N2O3. The first-order valence-electron chi connectivity index (χ1n) is 7.89. The summed E-state index contributed by atoms with van der Waals surface area (Å²) in [4.78, 5) is 24.3. The monoisotopic (exact) mass is 326 g/mol. The minimum absolute atomic E-state index is 0.0510. The van der Waals surface area contributed by atoms with Gasteiger partial charge in [0, 0.05) is 17.3 Å². The van der Waals surface area contributed by atoms with Crippen LogP contribution in [0.3, 0.4) is 0 Å². The van der Waals surface area contributed by atoms with Crippen molar-refractivity contribution in [1.29, 1.82) is 0 Å². The molecule has 126 valence electrons. The Kier molecular flexibility index (Phi) is 5.95. The molecule has 5 heteroatoms. The van der Waals surface area contributed by atoms with Gasteiger partial charge in [-0.05, 0) is 51.1 Å². The van der Waals surface area contributed by atoms with E-state index >= 15 is 0 Å². The van der Waals surface area contributed by atoms with Crippen LogP contribution in [0.2, 0.25) is 0 Å². The van der Waals surface area contributed by atoms with Gasteiger partial charge in [-0.25, -0.2) is 0 Å². The Morgan fingerprint density at radius 3 is 2.33 bits per heavy atom. The largest absolute Gasteiger partial charge is 0.481 e. The Morgan fingerprint density at radius 1 is 0.958 bits per heavy atom. The normalized spacial score (nSPS) is 11.7. The summed E-state index contributed by atoms with van der Waals surface area (Å²) in [6.07, 6.45) is -0.652. The van der Waals surface area contributed by atoms with Gasteiger partial charge in [-0.1, -0.05) is 24.3 Å². The third-order valence-electron chi connectivity index (χ3n) is 3.24. The van der Waals surface area contributed by atoms with Crippen molar-refractivity contribution < 1.29 is 14.3 Å². The van der Waals surface area contributed by atoms with Crippen LogP contribution in [-0.2, 0) is 4.79 Å². The number of carbonyl (C=O) groups is 2. The Labute approximate surface area is 142 Å². The lowest BCUT2D eigenvalue weighted by molar-refractivity contribution is -0.122. The third-order valence-corrected chi connectivity index (χ3v) is 3.24. The molecule has 2 aromatic rings. The second-order valence-electron chi connectivity index (χ2n) is 5.77. The number of amides is 2. The highest BCUT2D eigenvalue weighted by molar-refractivity contribution is 5.98. The molecule has 1 atom stereocenters. The first-order chi connectivity index (χ1) is 11.5. The molecule has 0 bridgehead atoms. The van der Waals surface area contributed by atoms with Crippen LogP contribution < -0.4 is 15.4 Å². The van der Waals surface area contributed by atoms with Crippen LogP contribution in [0.4, 0.5) is 5.69 Å². The van der Waals surface area contributed by atoms with E-state index in [0.29, 0.717) is 17.0 Å². The number of ether oxygens (including phenoxy) is 1. The summed E-state index contributed by atoms with van der Waals surface area (Å²) in [6.45, 7) is 5.47. The molecule has 0 saturated heterocycles. The summed E-state index contributed by atoms with van der Waals surface area (Å²) in [5.41, 5.74) is 1.05. The van der Waals surface area contributed by atoms with Crippen LogP contribution in [0.5, 0.6) is 5.75 Å². The molecule has 24 heavy (non-hydrogen) atoms. The topological polar surface area (TPSA) is 67.4 Å². The Bertz CT molecular complexity index is 699. The molecular weight excluding hydrogens is 304 g/mol. The van der Waals surface area contributed by atoms with Gasteiger partial charge in [0.2, 0.25) is 0 Å². The third kappa shape index (κ3) is 5.12. The summed E-state index contributed by atoms with van der Waals surface area (Å²) in [5, 5.41) is 5.59. The van der Waals surface area contributed by atoms with Crippen LogP contribution in [0.1, 0.15) is 31.1 Å². The molecule has 0 heterocycles. The highest BCUT2D eigenvalue weighted by Gasteiger charge is 2.15. The average molecular weight is 326 g/mol. The van der Waals surface area contributed by atoms with Crippen LogP contribution in [0.15, 0.2) is 54.6 Å². The smallest absolute Gasteiger partial charge is 0.265 e. The van der Waals surface area contributed by atoms with Gasteiger partial charge < -0.3 is 15.4 Å². The summed E-state index contributed by atoms with van der Waals surface area (Å²) in [7, 11) is 0. The lowest BCUT2D eigenvalue weighted by Crippen LogP contribution is -2.31. The van der Waals surface area contributed by atoms with Crippen molar-refractivity contribution in [2.45, 2.75) is 32.9 Å². The molecule has 1 unspecified atom stereocenters. The number of nitrogens with one attached hydrogen (secondary N) is 2. The maximum Gasteiger partial charge on any atom is 0.265 e. The van der Waals surface area contributed by atoms with E-state index in [2.05, 4.69) is 10.6 Å². The van der Waals surface area contributed by atoms with Gasteiger partial charge in [-0.3, -0.25) is 9.59 Å². The first kappa shape index (κ1) is 17.5. The Hall–Kier alpha value is -2.82. The lowest BCUT2D eigenvalue weighted by atomic mass is 10.1. The van der Waals surface area contributed by atoms with Crippen LogP contribution in [0.25, 0.3) is 0 Å². The van der Waals surface area contributed by atoms with Gasteiger partial charge in [0.25, 0.3) is 11.8 Å². The van der Waals surface area contributed by atoms with E-state index in [1.807, 2.05) is 32.0 Å². The molecule has 2 N–H and O–H groups in total. The summed E-state index contributed by atoms with van der Waals surface area (Å²) in [6, 6.07) is 16.0. The van der Waals surface area contributed by atoms with Gasteiger partial charge in [0.1, 0.15) is 5.75 Å². The number of anilines is 1. The first-order valence-corrected chi connectivity index (χ1v) is 7.89. The fourth-order valence-electron chi connectivity index (χ4n) is 2.08. The van der Waals surface area contributed by atoms with Crippen molar-refractivity contribution in [3.63, 3.8) is 0 Å². The maximum atomic E-state index is 12.2. The summed E-state index contributed by atoms with van der Waals surface area (Å²) < 4.78 is 5.59. The quantitative estimate of drug-likeness (QED) is 0.856. The van der Waals surface area contributed by atoms with Crippen molar-refractivity contribution in [2.75, 3.05) is 5.32 Å². The van der Waals surface area contributed by atoms with E-state index in [1.54, 1.807) is 43.3 Å². The van der Waals surface area contributed by atoms with Crippen molar-refractivity contribution in [1.82, 2.24) is 5.32 Å². The van der Waals surface area contributed by atoms with Crippen molar-refractivity contribution in [3.8, 4) is 5.75 Å². The second kappa shape index (κ2) is 8.15.